The van der Waals surface area contributed by atoms with E-state index in [1.165, 1.54) is 0 Å². The molecule has 4 heteroatoms. The Labute approximate surface area is 88.5 Å². The molecule has 0 aliphatic carbocycles. The number of halogens is 1. The zero-order valence-corrected chi connectivity index (χ0v) is 8.51. The summed E-state index contributed by atoms with van der Waals surface area (Å²) >= 11 is 5.76. The summed E-state index contributed by atoms with van der Waals surface area (Å²) in [5, 5.41) is 12.5. The maximum atomic E-state index is 8.83. The van der Waals surface area contributed by atoms with Crippen molar-refractivity contribution in [3.63, 3.8) is 0 Å². The minimum absolute atomic E-state index is 0.564. The quantitative estimate of drug-likeness (QED) is 0.746. The van der Waals surface area contributed by atoms with Crippen LogP contribution >= 0.6 is 11.6 Å². The van der Waals surface area contributed by atoms with Crippen molar-refractivity contribution < 1.29 is 0 Å². The predicted octanol–water partition coefficient (Wildman–Crippen LogP) is 1.97. The van der Waals surface area contributed by atoms with E-state index in [-0.39, 0.29) is 0 Å². The smallest absolute Gasteiger partial charge is 0.101 e. The van der Waals surface area contributed by atoms with Gasteiger partial charge in [0.2, 0.25) is 0 Å². The molecule has 0 atom stereocenters. The first-order chi connectivity index (χ1) is 6.77. The van der Waals surface area contributed by atoms with E-state index in [1.54, 1.807) is 18.2 Å². The molecule has 1 aromatic carbocycles. The molecule has 0 saturated carbocycles. The summed E-state index contributed by atoms with van der Waals surface area (Å²) < 4.78 is 0. The van der Waals surface area contributed by atoms with Crippen molar-refractivity contribution in [2.45, 2.75) is 6.42 Å². The van der Waals surface area contributed by atoms with Crippen molar-refractivity contribution in [2.24, 2.45) is 5.73 Å². The molecule has 0 aliphatic heterocycles. The van der Waals surface area contributed by atoms with E-state index in [0.29, 0.717) is 17.1 Å². The van der Waals surface area contributed by atoms with Gasteiger partial charge in [0.25, 0.3) is 0 Å². The Kier molecular flexibility index (Phi) is 4.24. The maximum Gasteiger partial charge on any atom is 0.101 e. The van der Waals surface area contributed by atoms with Gasteiger partial charge in [-0.2, -0.15) is 5.26 Å². The average Bonchev–Trinajstić information content (AvgIpc) is 2.20. The molecule has 0 amide bonds. The number of hydrogen-bond donors (Lipinski definition) is 2. The average molecular weight is 210 g/mol. The fourth-order valence-corrected chi connectivity index (χ4v) is 1.26. The third-order valence-corrected chi connectivity index (χ3v) is 2.03. The minimum Gasteiger partial charge on any atom is -0.384 e. The van der Waals surface area contributed by atoms with Gasteiger partial charge in [-0.3, -0.25) is 0 Å². The second-order valence-electron chi connectivity index (χ2n) is 2.87. The number of hydrogen-bond acceptors (Lipinski definition) is 3. The normalized spacial score (nSPS) is 9.50. The number of nitriles is 1. The molecule has 1 aromatic rings. The van der Waals surface area contributed by atoms with Crippen LogP contribution in [0.15, 0.2) is 18.2 Å². The van der Waals surface area contributed by atoms with E-state index in [9.17, 15) is 0 Å². The largest absolute Gasteiger partial charge is 0.384 e. The van der Waals surface area contributed by atoms with Gasteiger partial charge in [-0.05, 0) is 31.2 Å². The molecule has 3 N–H and O–H groups in total. The number of benzene rings is 1. The zero-order chi connectivity index (χ0) is 10.4. The lowest BCUT2D eigenvalue weighted by molar-refractivity contribution is 0.874. The van der Waals surface area contributed by atoms with Gasteiger partial charge in [0.05, 0.1) is 11.3 Å². The summed E-state index contributed by atoms with van der Waals surface area (Å²) in [5.41, 5.74) is 6.74. The van der Waals surface area contributed by atoms with Gasteiger partial charge in [0.15, 0.2) is 0 Å². The van der Waals surface area contributed by atoms with Crippen LogP contribution in [0.1, 0.15) is 12.0 Å². The van der Waals surface area contributed by atoms with E-state index >= 15 is 0 Å². The number of nitrogens with one attached hydrogen (secondary N) is 1. The maximum absolute atomic E-state index is 8.83. The van der Waals surface area contributed by atoms with Crippen LogP contribution in [0.3, 0.4) is 0 Å². The van der Waals surface area contributed by atoms with Crippen LogP contribution < -0.4 is 11.1 Å². The van der Waals surface area contributed by atoms with Gasteiger partial charge in [-0.25, -0.2) is 0 Å². The summed E-state index contributed by atoms with van der Waals surface area (Å²) in [6.45, 7) is 1.41. The molecule has 0 aromatic heterocycles. The Morgan fingerprint density at radius 2 is 2.29 bits per heavy atom. The monoisotopic (exact) mass is 209 g/mol. The first-order valence-electron chi connectivity index (χ1n) is 4.41. The van der Waals surface area contributed by atoms with Crippen LogP contribution in [0.5, 0.6) is 0 Å². The van der Waals surface area contributed by atoms with Crippen LogP contribution in [-0.2, 0) is 0 Å². The van der Waals surface area contributed by atoms with Gasteiger partial charge in [-0.1, -0.05) is 11.6 Å². The molecule has 0 unspecified atom stereocenters. The van der Waals surface area contributed by atoms with Crippen molar-refractivity contribution in [3.05, 3.63) is 28.8 Å². The summed E-state index contributed by atoms with van der Waals surface area (Å²) in [6.07, 6.45) is 0.882. The molecule has 0 bridgehead atoms. The lowest BCUT2D eigenvalue weighted by Crippen LogP contribution is -2.09. The third kappa shape index (κ3) is 2.91. The molecule has 14 heavy (non-hydrogen) atoms. The highest BCUT2D eigenvalue weighted by molar-refractivity contribution is 6.30. The van der Waals surface area contributed by atoms with Crippen LogP contribution in [0.2, 0.25) is 5.02 Å². The lowest BCUT2D eigenvalue weighted by Gasteiger charge is -2.07. The Balaban J connectivity index is 2.72. The van der Waals surface area contributed by atoms with Gasteiger partial charge < -0.3 is 11.1 Å². The SMILES string of the molecule is N#Cc1cc(Cl)ccc1NCCCN. The first-order valence-corrected chi connectivity index (χ1v) is 4.79. The van der Waals surface area contributed by atoms with E-state index in [1.807, 2.05) is 0 Å². The van der Waals surface area contributed by atoms with Crippen molar-refractivity contribution >= 4 is 17.3 Å². The van der Waals surface area contributed by atoms with Crippen molar-refractivity contribution in [1.82, 2.24) is 0 Å². The number of nitrogens with zero attached hydrogens (tertiary/aromatic N) is 1. The predicted molar refractivity (Wildman–Crippen MR) is 58.3 cm³/mol. The molecule has 1 rings (SSSR count). The van der Waals surface area contributed by atoms with Crippen LogP contribution in [0.4, 0.5) is 5.69 Å². The summed E-state index contributed by atoms with van der Waals surface area (Å²) in [7, 11) is 0. The minimum atomic E-state index is 0.564. The third-order valence-electron chi connectivity index (χ3n) is 1.80. The molecular weight excluding hydrogens is 198 g/mol. The highest BCUT2D eigenvalue weighted by atomic mass is 35.5. The first kappa shape index (κ1) is 10.8. The Morgan fingerprint density at radius 3 is 2.93 bits per heavy atom. The van der Waals surface area contributed by atoms with Crippen LogP contribution in [0, 0.1) is 11.3 Å². The van der Waals surface area contributed by atoms with Gasteiger partial charge in [-0.15, -0.1) is 0 Å². The molecule has 3 nitrogen and oxygen atoms in total. The van der Waals surface area contributed by atoms with E-state index in [0.717, 1.165) is 18.7 Å². The molecule has 0 radical (unpaired) electrons. The highest BCUT2D eigenvalue weighted by Gasteiger charge is 2.01. The Morgan fingerprint density at radius 1 is 1.50 bits per heavy atom. The van der Waals surface area contributed by atoms with Crippen molar-refractivity contribution in [1.29, 1.82) is 5.26 Å². The molecule has 0 spiro atoms. The summed E-state index contributed by atoms with van der Waals surface area (Å²) in [4.78, 5) is 0. The number of nitrogens with two attached hydrogens (primary N) is 1. The molecule has 0 aliphatic rings. The molecule has 0 saturated heterocycles. The topological polar surface area (TPSA) is 61.8 Å². The molecule has 0 heterocycles. The zero-order valence-electron chi connectivity index (χ0n) is 7.76. The molecular formula is C10H12ClN3. The molecule has 74 valence electrons. The van der Waals surface area contributed by atoms with Crippen molar-refractivity contribution in [2.75, 3.05) is 18.4 Å². The number of rotatable bonds is 4. The van der Waals surface area contributed by atoms with Crippen LogP contribution in [0.25, 0.3) is 0 Å². The summed E-state index contributed by atoms with van der Waals surface area (Å²) in [5.74, 6) is 0. The van der Waals surface area contributed by atoms with E-state index in [2.05, 4.69) is 11.4 Å². The highest BCUT2D eigenvalue weighted by Crippen LogP contribution is 2.19. The second-order valence-corrected chi connectivity index (χ2v) is 3.31. The fraction of sp³-hybridized carbons (Fsp3) is 0.300. The standard InChI is InChI=1S/C10H12ClN3/c11-9-2-3-10(8(6-9)7-13)14-5-1-4-12/h2-3,6,14H,1,4-5,12H2. The Hall–Kier alpha value is -1.24. The fourth-order valence-electron chi connectivity index (χ4n) is 1.09. The summed E-state index contributed by atoms with van der Waals surface area (Å²) in [6, 6.07) is 7.29. The van der Waals surface area contributed by atoms with Gasteiger partial charge in [0, 0.05) is 11.6 Å². The molecule has 0 fully saturated rings. The second kappa shape index (κ2) is 5.48. The van der Waals surface area contributed by atoms with Crippen molar-refractivity contribution in [3.8, 4) is 6.07 Å². The number of anilines is 1. The van der Waals surface area contributed by atoms with E-state index in [4.69, 9.17) is 22.6 Å². The van der Waals surface area contributed by atoms with Gasteiger partial charge in [0.1, 0.15) is 6.07 Å². The Bertz CT molecular complexity index is 344. The lowest BCUT2D eigenvalue weighted by atomic mass is 10.2. The van der Waals surface area contributed by atoms with Crippen LogP contribution in [-0.4, -0.2) is 13.1 Å². The van der Waals surface area contributed by atoms with E-state index < -0.39 is 0 Å². The van der Waals surface area contributed by atoms with Gasteiger partial charge >= 0.3 is 0 Å².